The third kappa shape index (κ3) is 3.71. The van der Waals surface area contributed by atoms with Gasteiger partial charge in [0.2, 0.25) is 0 Å². The molecule has 3 nitrogen and oxygen atoms in total. The molecule has 2 unspecified atom stereocenters. The summed E-state index contributed by atoms with van der Waals surface area (Å²) in [4.78, 5) is 2.44. The molecule has 1 aliphatic heterocycles. The molecule has 0 aliphatic carbocycles. The van der Waals surface area contributed by atoms with Gasteiger partial charge in [0.1, 0.15) is 5.75 Å². The molecule has 1 saturated heterocycles. The molecule has 2 atom stereocenters. The number of aliphatic hydroxyl groups is 1. The zero-order valence-corrected chi connectivity index (χ0v) is 12.0. The van der Waals surface area contributed by atoms with Crippen molar-refractivity contribution >= 4 is 0 Å². The predicted molar refractivity (Wildman–Crippen MR) is 77.5 cm³/mol. The topological polar surface area (TPSA) is 32.7 Å². The molecular weight excluding hydrogens is 238 g/mol. The summed E-state index contributed by atoms with van der Waals surface area (Å²) in [5.41, 5.74) is 1.33. The zero-order valence-electron chi connectivity index (χ0n) is 12.0. The third-order valence-electron chi connectivity index (χ3n) is 4.26. The van der Waals surface area contributed by atoms with E-state index in [1.54, 1.807) is 7.11 Å². The van der Waals surface area contributed by atoms with Gasteiger partial charge in [-0.3, -0.25) is 4.90 Å². The van der Waals surface area contributed by atoms with Crippen molar-refractivity contribution in [2.75, 3.05) is 26.8 Å². The first-order valence-corrected chi connectivity index (χ1v) is 7.22. The van der Waals surface area contributed by atoms with E-state index in [-0.39, 0.29) is 6.61 Å². The minimum Gasteiger partial charge on any atom is -0.497 e. The van der Waals surface area contributed by atoms with Crippen molar-refractivity contribution in [2.24, 2.45) is 5.92 Å². The number of rotatable bonds is 5. The quantitative estimate of drug-likeness (QED) is 0.885. The highest BCUT2D eigenvalue weighted by molar-refractivity contribution is 5.27. The van der Waals surface area contributed by atoms with Crippen molar-refractivity contribution in [1.29, 1.82) is 0 Å². The summed E-state index contributed by atoms with van der Waals surface area (Å²) >= 11 is 0. The lowest BCUT2D eigenvalue weighted by atomic mass is 9.91. The summed E-state index contributed by atoms with van der Waals surface area (Å²) in [5.74, 6) is 1.51. The molecule has 1 aromatic rings. The van der Waals surface area contributed by atoms with Crippen LogP contribution in [0.3, 0.4) is 0 Å². The fourth-order valence-corrected chi connectivity index (χ4v) is 2.97. The van der Waals surface area contributed by atoms with Crippen LogP contribution in [0.15, 0.2) is 24.3 Å². The minimum absolute atomic E-state index is 0.282. The molecule has 1 N–H and O–H groups in total. The maximum Gasteiger partial charge on any atom is 0.118 e. The maximum atomic E-state index is 9.54. The lowest BCUT2D eigenvalue weighted by Crippen LogP contribution is -2.47. The first-order valence-electron chi connectivity index (χ1n) is 7.22. The Morgan fingerprint density at radius 2 is 2.05 bits per heavy atom. The second-order valence-corrected chi connectivity index (χ2v) is 5.50. The lowest BCUT2D eigenvalue weighted by molar-refractivity contribution is 0.0539. The molecule has 0 amide bonds. The summed E-state index contributed by atoms with van der Waals surface area (Å²) < 4.78 is 5.17. The van der Waals surface area contributed by atoms with E-state index in [2.05, 4.69) is 24.0 Å². The minimum atomic E-state index is 0.282. The molecule has 0 aromatic heterocycles. The van der Waals surface area contributed by atoms with Crippen LogP contribution in [0.1, 0.15) is 25.3 Å². The number of nitrogens with zero attached hydrogens (tertiary/aromatic N) is 1. The Morgan fingerprint density at radius 1 is 1.32 bits per heavy atom. The molecule has 1 aromatic carbocycles. The summed E-state index contributed by atoms with van der Waals surface area (Å²) in [5, 5.41) is 9.54. The van der Waals surface area contributed by atoms with E-state index < -0.39 is 0 Å². The van der Waals surface area contributed by atoms with Crippen LogP contribution in [-0.2, 0) is 6.42 Å². The molecule has 3 heteroatoms. The highest BCUT2D eigenvalue weighted by Crippen LogP contribution is 2.23. The van der Waals surface area contributed by atoms with Gasteiger partial charge < -0.3 is 9.84 Å². The van der Waals surface area contributed by atoms with Crippen LogP contribution >= 0.6 is 0 Å². The Kier molecular flexibility index (Phi) is 5.23. The molecule has 1 heterocycles. The van der Waals surface area contributed by atoms with Gasteiger partial charge in [0.25, 0.3) is 0 Å². The van der Waals surface area contributed by atoms with Crippen molar-refractivity contribution in [1.82, 2.24) is 4.90 Å². The molecule has 0 saturated carbocycles. The van der Waals surface area contributed by atoms with Crippen LogP contribution < -0.4 is 4.74 Å². The number of hydrogen-bond donors (Lipinski definition) is 1. The van der Waals surface area contributed by atoms with Crippen molar-refractivity contribution in [3.63, 3.8) is 0 Å². The van der Waals surface area contributed by atoms with Gasteiger partial charge in [-0.15, -0.1) is 0 Å². The molecule has 106 valence electrons. The second kappa shape index (κ2) is 6.92. The third-order valence-corrected chi connectivity index (χ3v) is 4.26. The standard InChI is InChI=1S/C16H25NO2/c1-13-4-3-10-17(16(13)12-18)11-9-14-5-7-15(19-2)8-6-14/h5-8,13,16,18H,3-4,9-12H2,1-2H3. The normalized spacial score (nSPS) is 24.4. The number of aliphatic hydroxyl groups excluding tert-OH is 1. The Hall–Kier alpha value is -1.06. The Morgan fingerprint density at radius 3 is 2.68 bits per heavy atom. The first kappa shape index (κ1) is 14.4. The van der Waals surface area contributed by atoms with Gasteiger partial charge in [-0.05, 0) is 49.4 Å². The van der Waals surface area contributed by atoms with Crippen LogP contribution in [0.4, 0.5) is 0 Å². The highest BCUT2D eigenvalue weighted by Gasteiger charge is 2.27. The molecule has 0 radical (unpaired) electrons. The van der Waals surface area contributed by atoms with Gasteiger partial charge in [-0.1, -0.05) is 19.1 Å². The van der Waals surface area contributed by atoms with Crippen LogP contribution in [-0.4, -0.2) is 42.9 Å². The van der Waals surface area contributed by atoms with Crippen LogP contribution in [0.2, 0.25) is 0 Å². The smallest absolute Gasteiger partial charge is 0.118 e. The Labute approximate surface area is 116 Å². The van der Waals surface area contributed by atoms with E-state index >= 15 is 0 Å². The van der Waals surface area contributed by atoms with Gasteiger partial charge in [0, 0.05) is 12.6 Å². The molecule has 1 fully saturated rings. The Bertz CT molecular complexity index is 377. The van der Waals surface area contributed by atoms with E-state index in [0.717, 1.165) is 25.3 Å². The number of benzene rings is 1. The van der Waals surface area contributed by atoms with Crippen molar-refractivity contribution in [2.45, 2.75) is 32.2 Å². The lowest BCUT2D eigenvalue weighted by Gasteiger charge is -2.39. The van der Waals surface area contributed by atoms with Gasteiger partial charge in [0.05, 0.1) is 13.7 Å². The number of likely N-dealkylation sites (tertiary alicyclic amines) is 1. The predicted octanol–water partition coefficient (Wildman–Crippen LogP) is 2.33. The molecule has 1 aliphatic rings. The van der Waals surface area contributed by atoms with Gasteiger partial charge in [0.15, 0.2) is 0 Å². The highest BCUT2D eigenvalue weighted by atomic mass is 16.5. The fraction of sp³-hybridized carbons (Fsp3) is 0.625. The molecule has 2 rings (SSSR count). The molecular formula is C16H25NO2. The molecule has 19 heavy (non-hydrogen) atoms. The van der Waals surface area contributed by atoms with E-state index in [4.69, 9.17) is 4.74 Å². The van der Waals surface area contributed by atoms with Crippen LogP contribution in [0.5, 0.6) is 5.75 Å². The monoisotopic (exact) mass is 263 g/mol. The van der Waals surface area contributed by atoms with E-state index in [1.165, 1.54) is 18.4 Å². The largest absolute Gasteiger partial charge is 0.497 e. The second-order valence-electron chi connectivity index (χ2n) is 5.50. The van der Waals surface area contributed by atoms with Crippen LogP contribution in [0, 0.1) is 5.92 Å². The molecule has 0 bridgehead atoms. The number of hydrogen-bond acceptors (Lipinski definition) is 3. The van der Waals surface area contributed by atoms with Crippen molar-refractivity contribution in [3.8, 4) is 5.75 Å². The fourth-order valence-electron chi connectivity index (χ4n) is 2.97. The van der Waals surface area contributed by atoms with Gasteiger partial charge in [-0.2, -0.15) is 0 Å². The Balaban J connectivity index is 1.89. The number of methoxy groups -OCH3 is 1. The SMILES string of the molecule is COc1ccc(CCN2CCCC(C)C2CO)cc1. The summed E-state index contributed by atoms with van der Waals surface area (Å²) in [7, 11) is 1.69. The van der Waals surface area contributed by atoms with E-state index in [9.17, 15) is 5.11 Å². The van der Waals surface area contributed by atoms with Crippen molar-refractivity contribution in [3.05, 3.63) is 29.8 Å². The van der Waals surface area contributed by atoms with E-state index in [0.29, 0.717) is 12.0 Å². The number of piperidine rings is 1. The summed E-state index contributed by atoms with van der Waals surface area (Å²) in [6, 6.07) is 8.61. The van der Waals surface area contributed by atoms with Crippen molar-refractivity contribution < 1.29 is 9.84 Å². The number of ether oxygens (including phenoxy) is 1. The average molecular weight is 263 g/mol. The average Bonchev–Trinajstić information content (AvgIpc) is 2.45. The van der Waals surface area contributed by atoms with Gasteiger partial charge >= 0.3 is 0 Å². The van der Waals surface area contributed by atoms with Crippen LogP contribution in [0.25, 0.3) is 0 Å². The van der Waals surface area contributed by atoms with E-state index in [1.807, 2.05) is 12.1 Å². The maximum absolute atomic E-state index is 9.54. The first-order chi connectivity index (χ1) is 9.24. The van der Waals surface area contributed by atoms with Gasteiger partial charge in [-0.25, -0.2) is 0 Å². The summed E-state index contributed by atoms with van der Waals surface area (Å²) in [6.45, 7) is 4.68. The zero-order chi connectivity index (χ0) is 13.7. The summed E-state index contributed by atoms with van der Waals surface area (Å²) in [6.07, 6.45) is 3.53. The molecule has 0 spiro atoms.